The molecule has 1 unspecified atom stereocenters. The first-order valence-electron chi connectivity index (χ1n) is 6.96. The Kier molecular flexibility index (Phi) is 5.83. The van der Waals surface area contributed by atoms with Gasteiger partial charge in [0.2, 0.25) is 0 Å². The van der Waals surface area contributed by atoms with Gasteiger partial charge in [-0.2, -0.15) is 5.10 Å². The number of aromatic nitrogens is 2. The van der Waals surface area contributed by atoms with Crippen molar-refractivity contribution in [3.05, 3.63) is 16.4 Å². The van der Waals surface area contributed by atoms with Crippen LogP contribution in [0.4, 0.5) is 0 Å². The van der Waals surface area contributed by atoms with Crippen LogP contribution in [0.3, 0.4) is 0 Å². The molecule has 0 aliphatic heterocycles. The summed E-state index contributed by atoms with van der Waals surface area (Å²) in [4.78, 5) is 0. The molecular formula is C14H27ClN4. The van der Waals surface area contributed by atoms with E-state index >= 15 is 0 Å². The second-order valence-corrected chi connectivity index (χ2v) is 6.71. The van der Waals surface area contributed by atoms with Gasteiger partial charge in [-0.3, -0.25) is 16.0 Å². The summed E-state index contributed by atoms with van der Waals surface area (Å²) in [6.45, 7) is 11.6. The molecule has 0 fully saturated rings. The quantitative estimate of drug-likeness (QED) is 0.624. The predicted molar refractivity (Wildman–Crippen MR) is 81.2 cm³/mol. The highest BCUT2D eigenvalue weighted by atomic mass is 35.5. The van der Waals surface area contributed by atoms with Crippen LogP contribution in [-0.4, -0.2) is 15.8 Å². The van der Waals surface area contributed by atoms with Crippen molar-refractivity contribution in [2.75, 3.05) is 0 Å². The van der Waals surface area contributed by atoms with E-state index in [1.54, 1.807) is 0 Å². The number of nitrogens with one attached hydrogen (secondary N) is 1. The molecule has 1 heterocycles. The van der Waals surface area contributed by atoms with Gasteiger partial charge in [-0.25, -0.2) is 0 Å². The second-order valence-electron chi connectivity index (χ2n) is 6.33. The van der Waals surface area contributed by atoms with Crippen molar-refractivity contribution in [1.82, 2.24) is 15.2 Å². The Morgan fingerprint density at radius 3 is 2.53 bits per heavy atom. The molecule has 0 aliphatic rings. The molecule has 1 aromatic rings. The molecule has 0 aromatic carbocycles. The van der Waals surface area contributed by atoms with Gasteiger partial charge in [-0.15, -0.1) is 0 Å². The van der Waals surface area contributed by atoms with Crippen LogP contribution in [0.2, 0.25) is 5.02 Å². The van der Waals surface area contributed by atoms with E-state index in [1.165, 1.54) is 0 Å². The van der Waals surface area contributed by atoms with Crippen LogP contribution < -0.4 is 11.3 Å². The van der Waals surface area contributed by atoms with Crippen molar-refractivity contribution in [2.24, 2.45) is 11.3 Å². The minimum atomic E-state index is 0.234. The zero-order chi connectivity index (χ0) is 14.6. The molecule has 19 heavy (non-hydrogen) atoms. The monoisotopic (exact) mass is 286 g/mol. The Hall–Kier alpha value is -0.580. The third-order valence-electron chi connectivity index (χ3n) is 3.37. The summed E-state index contributed by atoms with van der Waals surface area (Å²) < 4.78 is 1.97. The van der Waals surface area contributed by atoms with Crippen molar-refractivity contribution >= 4 is 11.6 Å². The summed E-state index contributed by atoms with van der Waals surface area (Å²) in [5, 5.41) is 5.22. The molecular weight excluding hydrogens is 260 g/mol. The normalized spacial score (nSPS) is 13.8. The number of aryl methyl sites for hydroxylation is 2. The van der Waals surface area contributed by atoms with Gasteiger partial charge in [0, 0.05) is 19.0 Å². The van der Waals surface area contributed by atoms with Crippen molar-refractivity contribution < 1.29 is 0 Å². The van der Waals surface area contributed by atoms with E-state index in [0.717, 1.165) is 42.2 Å². The van der Waals surface area contributed by atoms with Crippen LogP contribution in [0, 0.1) is 12.3 Å². The van der Waals surface area contributed by atoms with Gasteiger partial charge in [0.1, 0.15) is 0 Å². The zero-order valence-electron chi connectivity index (χ0n) is 12.8. The number of rotatable bonds is 6. The maximum Gasteiger partial charge on any atom is 0.0847 e. The van der Waals surface area contributed by atoms with Gasteiger partial charge in [-0.1, -0.05) is 32.4 Å². The molecule has 0 bridgehead atoms. The fourth-order valence-electron chi connectivity index (χ4n) is 2.15. The van der Waals surface area contributed by atoms with E-state index in [9.17, 15) is 0 Å². The highest BCUT2D eigenvalue weighted by molar-refractivity contribution is 6.31. The Morgan fingerprint density at radius 2 is 2.05 bits per heavy atom. The first-order chi connectivity index (χ1) is 8.78. The van der Waals surface area contributed by atoms with Crippen LogP contribution in [0.25, 0.3) is 0 Å². The van der Waals surface area contributed by atoms with E-state index in [2.05, 4.69) is 38.2 Å². The molecule has 1 rings (SSSR count). The predicted octanol–water partition coefficient (Wildman–Crippen LogP) is 3.07. The molecule has 0 radical (unpaired) electrons. The Balaban J connectivity index is 2.75. The summed E-state index contributed by atoms with van der Waals surface area (Å²) in [7, 11) is 0. The maximum absolute atomic E-state index is 6.33. The Bertz CT molecular complexity index is 406. The highest BCUT2D eigenvalue weighted by Gasteiger charge is 2.19. The summed E-state index contributed by atoms with van der Waals surface area (Å²) in [6, 6.07) is 0.234. The lowest BCUT2D eigenvalue weighted by atomic mass is 9.88. The highest BCUT2D eigenvalue weighted by Crippen LogP contribution is 2.25. The second kappa shape index (κ2) is 6.73. The molecule has 0 spiro atoms. The van der Waals surface area contributed by atoms with Gasteiger partial charge >= 0.3 is 0 Å². The summed E-state index contributed by atoms with van der Waals surface area (Å²) in [5.74, 6) is 5.68. The van der Waals surface area contributed by atoms with Crippen LogP contribution in [0.5, 0.6) is 0 Å². The van der Waals surface area contributed by atoms with Crippen LogP contribution >= 0.6 is 11.6 Å². The lowest BCUT2D eigenvalue weighted by Gasteiger charge is -2.23. The number of nitrogens with two attached hydrogens (primary N) is 1. The summed E-state index contributed by atoms with van der Waals surface area (Å²) in [6.07, 6.45) is 2.98. The van der Waals surface area contributed by atoms with Gasteiger partial charge in [-0.05, 0) is 32.1 Å². The van der Waals surface area contributed by atoms with Crippen LogP contribution in [0.15, 0.2) is 0 Å². The first kappa shape index (κ1) is 16.5. The maximum atomic E-state index is 6.33. The largest absolute Gasteiger partial charge is 0.271 e. The summed E-state index contributed by atoms with van der Waals surface area (Å²) >= 11 is 6.33. The standard InChI is InChI=1S/C14H27ClN4/c1-6-19-12(13(15)10(2)18-19)9-11(17-16)7-8-14(3,4)5/h11,17H,6-9,16H2,1-5H3. The van der Waals surface area contributed by atoms with Gasteiger partial charge in [0.15, 0.2) is 0 Å². The fraction of sp³-hybridized carbons (Fsp3) is 0.786. The lowest BCUT2D eigenvalue weighted by Crippen LogP contribution is -2.38. The van der Waals surface area contributed by atoms with Gasteiger partial charge in [0.05, 0.1) is 16.4 Å². The van der Waals surface area contributed by atoms with Crippen molar-refractivity contribution in [2.45, 2.75) is 66.5 Å². The number of nitrogens with zero attached hydrogens (tertiary/aromatic N) is 2. The molecule has 0 saturated heterocycles. The summed E-state index contributed by atoms with van der Waals surface area (Å²) in [5.41, 5.74) is 5.21. The van der Waals surface area contributed by atoms with Crippen LogP contribution in [-0.2, 0) is 13.0 Å². The third kappa shape index (κ3) is 4.79. The van der Waals surface area contributed by atoms with Crippen molar-refractivity contribution in [3.8, 4) is 0 Å². The molecule has 5 heteroatoms. The molecule has 3 N–H and O–H groups in total. The van der Waals surface area contributed by atoms with Crippen molar-refractivity contribution in [3.63, 3.8) is 0 Å². The Morgan fingerprint density at radius 1 is 1.42 bits per heavy atom. The van der Waals surface area contributed by atoms with Gasteiger partial charge < -0.3 is 0 Å². The third-order valence-corrected chi connectivity index (χ3v) is 3.86. The van der Waals surface area contributed by atoms with E-state index in [1.807, 2.05) is 11.6 Å². The van der Waals surface area contributed by atoms with E-state index in [4.69, 9.17) is 17.4 Å². The van der Waals surface area contributed by atoms with E-state index < -0.39 is 0 Å². The molecule has 110 valence electrons. The Labute approximate surface area is 121 Å². The minimum Gasteiger partial charge on any atom is -0.271 e. The average molecular weight is 287 g/mol. The molecule has 1 atom stereocenters. The average Bonchev–Trinajstić information content (AvgIpc) is 2.60. The minimum absolute atomic E-state index is 0.234. The molecule has 1 aromatic heterocycles. The van der Waals surface area contributed by atoms with Gasteiger partial charge in [0.25, 0.3) is 0 Å². The van der Waals surface area contributed by atoms with Crippen molar-refractivity contribution in [1.29, 1.82) is 0 Å². The zero-order valence-corrected chi connectivity index (χ0v) is 13.5. The first-order valence-corrected chi connectivity index (χ1v) is 7.34. The fourth-order valence-corrected chi connectivity index (χ4v) is 2.36. The van der Waals surface area contributed by atoms with E-state index in [0.29, 0.717) is 5.41 Å². The number of hydrazine groups is 1. The lowest BCUT2D eigenvalue weighted by molar-refractivity contribution is 0.327. The molecule has 0 amide bonds. The SMILES string of the molecule is CCn1nc(C)c(Cl)c1CC(CCC(C)(C)C)NN. The molecule has 0 aliphatic carbocycles. The molecule has 4 nitrogen and oxygen atoms in total. The number of hydrogen-bond donors (Lipinski definition) is 2. The molecule has 0 saturated carbocycles. The van der Waals surface area contributed by atoms with Crippen LogP contribution in [0.1, 0.15) is 51.9 Å². The smallest absolute Gasteiger partial charge is 0.0847 e. The number of hydrogen-bond acceptors (Lipinski definition) is 3. The van der Waals surface area contributed by atoms with E-state index in [-0.39, 0.29) is 6.04 Å². The number of halogens is 1. The topological polar surface area (TPSA) is 55.9 Å².